The van der Waals surface area contributed by atoms with E-state index in [1.807, 2.05) is 0 Å². The summed E-state index contributed by atoms with van der Waals surface area (Å²) in [5, 5.41) is 6.36. The summed E-state index contributed by atoms with van der Waals surface area (Å²) in [4.78, 5) is 7.54. The third-order valence-electron chi connectivity index (χ3n) is 2.32. The number of nitrogens with one attached hydrogen (secondary N) is 1. The van der Waals surface area contributed by atoms with E-state index in [0.29, 0.717) is 5.82 Å². The summed E-state index contributed by atoms with van der Waals surface area (Å²) in [6, 6.07) is 1.25. The van der Waals surface area contributed by atoms with Crippen LogP contribution in [0.1, 0.15) is 5.82 Å². The number of sulfonamides is 1. The Morgan fingerprint density at radius 2 is 2.11 bits per heavy atom. The van der Waals surface area contributed by atoms with Gasteiger partial charge in [0.15, 0.2) is 0 Å². The average Bonchev–Trinajstić information content (AvgIpc) is 2.85. The van der Waals surface area contributed by atoms with Crippen LogP contribution in [0, 0.1) is 0 Å². The number of hydrogen-bond acceptors (Lipinski definition) is 5. The van der Waals surface area contributed by atoms with E-state index in [4.69, 9.17) is 23.2 Å². The highest BCUT2D eigenvalue weighted by Crippen LogP contribution is 2.24. The Bertz CT molecular complexity index is 674. The number of aromatic amines is 1. The molecule has 0 spiro atoms. The SMILES string of the molecule is CN(Cc1ncn[nH]1)S(=O)(=O)c1cnc(Cl)c(Cl)c1. The van der Waals surface area contributed by atoms with Crippen molar-refractivity contribution in [2.75, 3.05) is 7.05 Å². The maximum absolute atomic E-state index is 12.2. The molecule has 0 unspecified atom stereocenters. The molecule has 7 nitrogen and oxygen atoms in total. The Hall–Kier alpha value is -1.22. The van der Waals surface area contributed by atoms with E-state index in [1.165, 1.54) is 19.4 Å². The van der Waals surface area contributed by atoms with Crippen molar-refractivity contribution in [1.29, 1.82) is 0 Å². The van der Waals surface area contributed by atoms with Gasteiger partial charge in [0.05, 0.1) is 11.6 Å². The van der Waals surface area contributed by atoms with E-state index in [9.17, 15) is 8.42 Å². The van der Waals surface area contributed by atoms with Crippen molar-refractivity contribution in [2.24, 2.45) is 0 Å². The van der Waals surface area contributed by atoms with Gasteiger partial charge in [-0.05, 0) is 6.07 Å². The molecule has 2 rings (SSSR count). The van der Waals surface area contributed by atoms with Gasteiger partial charge in [0, 0.05) is 13.2 Å². The maximum atomic E-state index is 12.2. The number of nitrogens with zero attached hydrogens (tertiary/aromatic N) is 4. The molecule has 0 aliphatic carbocycles. The van der Waals surface area contributed by atoms with Crippen LogP contribution in [0.2, 0.25) is 10.2 Å². The lowest BCUT2D eigenvalue weighted by Crippen LogP contribution is -2.27. The van der Waals surface area contributed by atoms with Crippen LogP contribution < -0.4 is 0 Å². The highest BCUT2D eigenvalue weighted by molar-refractivity contribution is 7.89. The second-order valence-electron chi connectivity index (χ2n) is 3.64. The number of hydrogen-bond donors (Lipinski definition) is 1. The molecule has 2 heterocycles. The van der Waals surface area contributed by atoms with Crippen molar-refractivity contribution < 1.29 is 8.42 Å². The van der Waals surface area contributed by atoms with Crippen molar-refractivity contribution in [3.8, 4) is 0 Å². The third kappa shape index (κ3) is 3.03. The zero-order chi connectivity index (χ0) is 14.0. The first-order valence-corrected chi connectivity index (χ1v) is 7.22. The van der Waals surface area contributed by atoms with E-state index < -0.39 is 10.0 Å². The fraction of sp³-hybridized carbons (Fsp3) is 0.222. The smallest absolute Gasteiger partial charge is 0.244 e. The Kier molecular flexibility index (Phi) is 4.04. The largest absolute Gasteiger partial charge is 0.262 e. The van der Waals surface area contributed by atoms with E-state index in [2.05, 4.69) is 20.2 Å². The average molecular weight is 322 g/mol. The maximum Gasteiger partial charge on any atom is 0.244 e. The Labute approximate surface area is 119 Å². The predicted octanol–water partition coefficient (Wildman–Crippen LogP) is 1.33. The van der Waals surface area contributed by atoms with Crippen molar-refractivity contribution in [1.82, 2.24) is 24.5 Å². The van der Waals surface area contributed by atoms with Crippen LogP contribution >= 0.6 is 23.2 Å². The quantitative estimate of drug-likeness (QED) is 0.857. The Morgan fingerprint density at radius 1 is 1.37 bits per heavy atom. The second kappa shape index (κ2) is 5.41. The monoisotopic (exact) mass is 321 g/mol. The summed E-state index contributed by atoms with van der Waals surface area (Å²) in [6.45, 7) is 0.0581. The van der Waals surface area contributed by atoms with Crippen molar-refractivity contribution in [3.63, 3.8) is 0 Å². The van der Waals surface area contributed by atoms with Gasteiger partial charge in [-0.3, -0.25) is 5.10 Å². The fourth-order valence-corrected chi connectivity index (χ4v) is 2.77. The van der Waals surface area contributed by atoms with Crippen LogP contribution in [-0.4, -0.2) is 39.9 Å². The van der Waals surface area contributed by atoms with Crippen LogP contribution in [0.15, 0.2) is 23.5 Å². The van der Waals surface area contributed by atoms with Crippen molar-refractivity contribution >= 4 is 33.2 Å². The van der Waals surface area contributed by atoms with E-state index in [1.54, 1.807) is 0 Å². The zero-order valence-electron chi connectivity index (χ0n) is 9.71. The van der Waals surface area contributed by atoms with Crippen LogP contribution in [0.4, 0.5) is 0 Å². The number of halogens is 2. The Balaban J connectivity index is 2.28. The third-order valence-corrected chi connectivity index (χ3v) is 4.77. The number of aromatic nitrogens is 4. The molecule has 0 fully saturated rings. The molecule has 2 aromatic rings. The first-order valence-electron chi connectivity index (χ1n) is 5.03. The van der Waals surface area contributed by atoms with E-state index in [0.717, 1.165) is 10.5 Å². The molecule has 0 saturated heterocycles. The highest BCUT2D eigenvalue weighted by atomic mass is 35.5. The summed E-state index contributed by atoms with van der Waals surface area (Å²) in [5.74, 6) is 0.430. The second-order valence-corrected chi connectivity index (χ2v) is 6.45. The van der Waals surface area contributed by atoms with Crippen LogP contribution in [0.5, 0.6) is 0 Å². The molecule has 2 aromatic heterocycles. The van der Waals surface area contributed by atoms with Gasteiger partial charge >= 0.3 is 0 Å². The van der Waals surface area contributed by atoms with Gasteiger partial charge in [0.2, 0.25) is 10.0 Å². The summed E-state index contributed by atoms with van der Waals surface area (Å²) in [5.41, 5.74) is 0. The molecule has 19 heavy (non-hydrogen) atoms. The van der Waals surface area contributed by atoms with Gasteiger partial charge < -0.3 is 0 Å². The first kappa shape index (κ1) is 14.2. The number of H-pyrrole nitrogens is 1. The molecule has 10 heteroatoms. The molecule has 1 N–H and O–H groups in total. The lowest BCUT2D eigenvalue weighted by atomic mass is 10.5. The van der Waals surface area contributed by atoms with Gasteiger partial charge in [0.25, 0.3) is 0 Å². The summed E-state index contributed by atoms with van der Waals surface area (Å²) in [7, 11) is -2.30. The lowest BCUT2D eigenvalue weighted by Gasteiger charge is -2.15. The molecule has 0 aliphatic rings. The summed E-state index contributed by atoms with van der Waals surface area (Å²) < 4.78 is 25.6. The topological polar surface area (TPSA) is 91.8 Å². The predicted molar refractivity (Wildman–Crippen MR) is 69.3 cm³/mol. The van der Waals surface area contributed by atoms with Gasteiger partial charge in [-0.15, -0.1) is 0 Å². The molecule has 0 saturated carbocycles. The molecule has 0 radical (unpaired) electrons. The molecule has 102 valence electrons. The summed E-state index contributed by atoms with van der Waals surface area (Å²) in [6.07, 6.45) is 2.46. The molecule has 0 atom stereocenters. The Morgan fingerprint density at radius 3 is 2.68 bits per heavy atom. The molecule has 0 aromatic carbocycles. The van der Waals surface area contributed by atoms with Crippen molar-refractivity contribution in [3.05, 3.63) is 34.6 Å². The number of pyridine rings is 1. The highest BCUT2D eigenvalue weighted by Gasteiger charge is 2.23. The lowest BCUT2D eigenvalue weighted by molar-refractivity contribution is 0.457. The molecular formula is C9H9Cl2N5O2S. The molecule has 0 bridgehead atoms. The fourth-order valence-electron chi connectivity index (χ4n) is 1.33. The van der Waals surface area contributed by atoms with Gasteiger partial charge in [-0.2, -0.15) is 9.40 Å². The minimum absolute atomic E-state index is 0.0380. The molecular weight excluding hydrogens is 313 g/mol. The van der Waals surface area contributed by atoms with Crippen molar-refractivity contribution in [2.45, 2.75) is 11.4 Å². The van der Waals surface area contributed by atoms with E-state index >= 15 is 0 Å². The van der Waals surface area contributed by atoms with Gasteiger partial charge in [-0.1, -0.05) is 23.2 Å². The van der Waals surface area contributed by atoms with Gasteiger partial charge in [-0.25, -0.2) is 18.4 Å². The van der Waals surface area contributed by atoms with E-state index in [-0.39, 0.29) is 21.6 Å². The standard InChI is InChI=1S/C9H9Cl2N5O2S/c1-16(4-8-13-5-14-15-8)19(17,18)6-2-7(10)9(11)12-3-6/h2-3,5H,4H2,1H3,(H,13,14,15). The molecule has 0 amide bonds. The zero-order valence-corrected chi connectivity index (χ0v) is 12.0. The normalized spacial score (nSPS) is 12.0. The van der Waals surface area contributed by atoms with Crippen LogP contribution in [0.25, 0.3) is 0 Å². The molecule has 0 aliphatic heterocycles. The van der Waals surface area contributed by atoms with Crippen LogP contribution in [0.3, 0.4) is 0 Å². The van der Waals surface area contributed by atoms with Gasteiger partial charge in [0.1, 0.15) is 22.2 Å². The summed E-state index contributed by atoms with van der Waals surface area (Å²) >= 11 is 11.4. The minimum Gasteiger partial charge on any atom is -0.262 e. The van der Waals surface area contributed by atoms with Crippen LogP contribution in [-0.2, 0) is 16.6 Å². The number of rotatable bonds is 4. The first-order chi connectivity index (χ1) is 8.91. The minimum atomic E-state index is -3.71.